The lowest BCUT2D eigenvalue weighted by molar-refractivity contribution is -0.135. The number of ether oxygens (including phenoxy) is 2. The van der Waals surface area contributed by atoms with Crippen LogP contribution in [0, 0.1) is 0 Å². The number of fused-ring (bicyclic) bond motifs is 1. The molecule has 1 aromatic rings. The first-order valence-corrected chi connectivity index (χ1v) is 8.19. The van der Waals surface area contributed by atoms with E-state index in [-0.39, 0.29) is 12.5 Å². The summed E-state index contributed by atoms with van der Waals surface area (Å²) in [6.45, 7) is 3.64. The van der Waals surface area contributed by atoms with Gasteiger partial charge in [0.25, 0.3) is 0 Å². The van der Waals surface area contributed by atoms with E-state index in [9.17, 15) is 9.90 Å². The maximum Gasteiger partial charge on any atom is 0.224 e. The van der Waals surface area contributed by atoms with Crippen LogP contribution in [0.3, 0.4) is 0 Å². The van der Waals surface area contributed by atoms with Gasteiger partial charge in [0.15, 0.2) is 0 Å². The molecule has 0 spiro atoms. The van der Waals surface area contributed by atoms with Crippen LogP contribution in [0.1, 0.15) is 18.4 Å². The Morgan fingerprint density at radius 2 is 2.04 bits per heavy atom. The summed E-state index contributed by atoms with van der Waals surface area (Å²) in [6, 6.07) is 7.76. The second-order valence-electron chi connectivity index (χ2n) is 6.00. The predicted octanol–water partition coefficient (Wildman–Crippen LogP) is 0.495. The van der Waals surface area contributed by atoms with E-state index in [4.69, 9.17) is 9.47 Å². The molecule has 2 aliphatic heterocycles. The molecule has 6 heteroatoms. The topological polar surface area (TPSA) is 71.0 Å². The zero-order valence-corrected chi connectivity index (χ0v) is 13.3. The second kappa shape index (κ2) is 7.29. The van der Waals surface area contributed by atoms with Crippen molar-refractivity contribution in [3.05, 3.63) is 29.8 Å². The van der Waals surface area contributed by atoms with Gasteiger partial charge in [-0.1, -0.05) is 18.2 Å². The maximum absolute atomic E-state index is 12.2. The van der Waals surface area contributed by atoms with Crippen LogP contribution >= 0.6 is 0 Å². The van der Waals surface area contributed by atoms with Crippen LogP contribution in [0.15, 0.2) is 24.3 Å². The van der Waals surface area contributed by atoms with Crippen molar-refractivity contribution in [1.82, 2.24) is 10.2 Å². The van der Waals surface area contributed by atoms with E-state index in [1.54, 1.807) is 0 Å². The van der Waals surface area contributed by atoms with Crippen LogP contribution in [0.25, 0.3) is 0 Å². The van der Waals surface area contributed by atoms with Crippen LogP contribution < -0.4 is 10.1 Å². The van der Waals surface area contributed by atoms with E-state index in [2.05, 4.69) is 5.32 Å². The number of benzene rings is 1. The van der Waals surface area contributed by atoms with Crippen molar-refractivity contribution in [2.75, 3.05) is 46.1 Å². The van der Waals surface area contributed by atoms with Crippen molar-refractivity contribution < 1.29 is 19.4 Å². The fraction of sp³-hybridized carbons (Fsp3) is 0.588. The second-order valence-corrected chi connectivity index (χ2v) is 6.00. The lowest BCUT2D eigenvalue weighted by atomic mass is 9.85. The molecule has 1 aromatic carbocycles. The lowest BCUT2D eigenvalue weighted by Crippen LogP contribution is -2.50. The molecule has 0 radical (unpaired) electrons. The van der Waals surface area contributed by atoms with Crippen molar-refractivity contribution in [1.29, 1.82) is 0 Å². The van der Waals surface area contributed by atoms with Gasteiger partial charge in [0.2, 0.25) is 5.91 Å². The van der Waals surface area contributed by atoms with Gasteiger partial charge in [0, 0.05) is 38.0 Å². The van der Waals surface area contributed by atoms with E-state index in [1.165, 1.54) is 0 Å². The van der Waals surface area contributed by atoms with Gasteiger partial charge in [0.1, 0.15) is 5.75 Å². The number of rotatable bonds is 5. The average Bonchev–Trinajstić information content (AvgIpc) is 2.62. The van der Waals surface area contributed by atoms with Crippen LogP contribution in [-0.2, 0) is 15.1 Å². The van der Waals surface area contributed by atoms with E-state index >= 15 is 0 Å². The highest BCUT2D eigenvalue weighted by molar-refractivity contribution is 5.76. The molecule has 0 aliphatic carbocycles. The number of aliphatic hydroxyl groups is 1. The molecule has 1 atom stereocenters. The molecule has 0 saturated carbocycles. The molecule has 1 unspecified atom stereocenters. The van der Waals surface area contributed by atoms with Gasteiger partial charge in [0.05, 0.1) is 32.0 Å². The standard InChI is InChI=1S/C17H24N2O4/c20-13-17(6-10-23-15-4-2-1-3-14(15)17)18-7-5-16(21)19-8-11-22-12-9-19/h1-4,18,20H,5-13H2. The number of amides is 1. The molecule has 3 rings (SSSR count). The quantitative estimate of drug-likeness (QED) is 0.826. The average molecular weight is 320 g/mol. The Labute approximate surface area is 136 Å². The number of hydrogen-bond donors (Lipinski definition) is 2. The van der Waals surface area contributed by atoms with Gasteiger partial charge in [-0.25, -0.2) is 0 Å². The minimum absolute atomic E-state index is 0.0148. The number of para-hydroxylation sites is 1. The predicted molar refractivity (Wildman–Crippen MR) is 85.3 cm³/mol. The molecule has 6 nitrogen and oxygen atoms in total. The Morgan fingerprint density at radius 1 is 1.26 bits per heavy atom. The van der Waals surface area contributed by atoms with Crippen LogP contribution in [0.5, 0.6) is 5.75 Å². The number of morpholine rings is 1. The Kier molecular flexibility index (Phi) is 5.15. The Bertz CT molecular complexity index is 545. The molecule has 0 bridgehead atoms. The molecule has 23 heavy (non-hydrogen) atoms. The third kappa shape index (κ3) is 3.49. The number of carbonyl (C=O) groups is 1. The normalized spacial score (nSPS) is 24.0. The van der Waals surface area contributed by atoms with Crippen molar-refractivity contribution in [2.24, 2.45) is 0 Å². The Balaban J connectivity index is 1.61. The summed E-state index contributed by atoms with van der Waals surface area (Å²) in [5, 5.41) is 13.4. The number of hydrogen-bond acceptors (Lipinski definition) is 5. The molecular formula is C17H24N2O4. The molecule has 1 fully saturated rings. The van der Waals surface area contributed by atoms with Crippen molar-refractivity contribution in [3.63, 3.8) is 0 Å². The monoisotopic (exact) mass is 320 g/mol. The molecule has 2 N–H and O–H groups in total. The van der Waals surface area contributed by atoms with Crippen molar-refractivity contribution in [3.8, 4) is 5.75 Å². The van der Waals surface area contributed by atoms with Crippen molar-refractivity contribution in [2.45, 2.75) is 18.4 Å². The van der Waals surface area contributed by atoms with E-state index in [1.807, 2.05) is 29.2 Å². The van der Waals surface area contributed by atoms with Gasteiger partial charge in [-0.2, -0.15) is 0 Å². The lowest BCUT2D eigenvalue weighted by Gasteiger charge is -2.38. The SMILES string of the molecule is O=C(CCNC1(CO)CCOc2ccccc21)N1CCOCC1. The van der Waals surface area contributed by atoms with Gasteiger partial charge < -0.3 is 24.8 Å². The van der Waals surface area contributed by atoms with Crippen molar-refractivity contribution >= 4 is 5.91 Å². The third-order valence-electron chi connectivity index (χ3n) is 4.62. The van der Waals surface area contributed by atoms with Crippen LogP contribution in [0.4, 0.5) is 0 Å². The number of nitrogens with zero attached hydrogens (tertiary/aromatic N) is 1. The van der Waals surface area contributed by atoms with E-state index in [0.29, 0.717) is 52.3 Å². The van der Waals surface area contributed by atoms with Crippen LogP contribution in [0.2, 0.25) is 0 Å². The summed E-state index contributed by atoms with van der Waals surface area (Å²) in [7, 11) is 0. The summed E-state index contributed by atoms with van der Waals surface area (Å²) >= 11 is 0. The molecular weight excluding hydrogens is 296 g/mol. The number of carbonyl (C=O) groups excluding carboxylic acids is 1. The number of aliphatic hydroxyl groups excluding tert-OH is 1. The Hall–Kier alpha value is -1.63. The number of nitrogens with one attached hydrogen (secondary N) is 1. The molecule has 126 valence electrons. The zero-order valence-electron chi connectivity index (χ0n) is 13.3. The first-order valence-electron chi connectivity index (χ1n) is 8.19. The van der Waals surface area contributed by atoms with Gasteiger partial charge in [-0.3, -0.25) is 4.79 Å². The summed E-state index contributed by atoms with van der Waals surface area (Å²) in [5.41, 5.74) is 0.438. The third-order valence-corrected chi connectivity index (χ3v) is 4.62. The fourth-order valence-electron chi connectivity index (χ4n) is 3.24. The van der Waals surface area contributed by atoms with Crippen LogP contribution in [-0.4, -0.2) is 62.0 Å². The fourth-order valence-corrected chi connectivity index (χ4v) is 3.24. The summed E-state index contributed by atoms with van der Waals surface area (Å²) in [4.78, 5) is 14.1. The maximum atomic E-state index is 12.2. The summed E-state index contributed by atoms with van der Waals surface area (Å²) < 4.78 is 10.9. The highest BCUT2D eigenvalue weighted by Gasteiger charge is 2.36. The first-order chi connectivity index (χ1) is 11.2. The summed E-state index contributed by atoms with van der Waals surface area (Å²) in [6.07, 6.45) is 1.11. The van der Waals surface area contributed by atoms with Gasteiger partial charge >= 0.3 is 0 Å². The smallest absolute Gasteiger partial charge is 0.224 e. The Morgan fingerprint density at radius 3 is 2.83 bits per heavy atom. The van der Waals surface area contributed by atoms with Gasteiger partial charge in [-0.05, 0) is 6.07 Å². The first kappa shape index (κ1) is 16.2. The molecule has 2 heterocycles. The molecule has 1 saturated heterocycles. The highest BCUT2D eigenvalue weighted by Crippen LogP contribution is 2.36. The minimum Gasteiger partial charge on any atom is -0.493 e. The van der Waals surface area contributed by atoms with Gasteiger partial charge in [-0.15, -0.1) is 0 Å². The largest absolute Gasteiger partial charge is 0.493 e. The summed E-state index contributed by atoms with van der Waals surface area (Å²) in [5.74, 6) is 0.939. The molecule has 0 aromatic heterocycles. The zero-order chi connectivity index (χ0) is 16.1. The van der Waals surface area contributed by atoms with E-state index < -0.39 is 5.54 Å². The molecule has 1 amide bonds. The minimum atomic E-state index is -0.528. The highest BCUT2D eigenvalue weighted by atomic mass is 16.5. The van der Waals surface area contributed by atoms with E-state index in [0.717, 1.165) is 11.3 Å². The molecule has 2 aliphatic rings.